The fourth-order valence-electron chi connectivity index (χ4n) is 1.26. The number of hydrogen-bond donors (Lipinski definition) is 0. The van der Waals surface area contributed by atoms with Gasteiger partial charge in [-0.1, -0.05) is 23.2 Å². The fraction of sp³-hybridized carbons (Fsp3) is 0.333. The molecule has 0 aliphatic carbocycles. The van der Waals surface area contributed by atoms with E-state index >= 15 is 0 Å². The molecule has 0 spiro atoms. The molecule has 0 bridgehead atoms. The van der Waals surface area contributed by atoms with E-state index in [1.807, 2.05) is 0 Å². The summed E-state index contributed by atoms with van der Waals surface area (Å²) >= 11 is 0. The van der Waals surface area contributed by atoms with Gasteiger partial charge in [0.2, 0.25) is 0 Å². The van der Waals surface area contributed by atoms with Crippen molar-refractivity contribution in [3.05, 3.63) is 35.6 Å². The molecule has 2 rings (SSSR count). The first-order valence-electron chi connectivity index (χ1n) is 4.07. The topological polar surface area (TPSA) is 27.7 Å². The minimum atomic E-state index is -0.366. The summed E-state index contributed by atoms with van der Waals surface area (Å²) in [6, 6.07) is 6.47. The van der Waals surface area contributed by atoms with E-state index in [0.29, 0.717) is 18.6 Å². The lowest BCUT2D eigenvalue weighted by Crippen LogP contribution is -2.16. The van der Waals surface area contributed by atoms with E-state index in [2.05, 4.69) is 9.93 Å². The predicted molar refractivity (Wildman–Crippen MR) is 41.9 cm³/mol. The number of hydrogen-bond acceptors (Lipinski definition) is 3. The van der Waals surface area contributed by atoms with Crippen molar-refractivity contribution >= 4 is 0 Å². The molecule has 1 aromatic rings. The quantitative estimate of drug-likeness (QED) is 0.626. The molecule has 1 saturated heterocycles. The Morgan fingerprint density at radius 1 is 1.31 bits per heavy atom. The first-order chi connectivity index (χ1) is 6.38. The number of halogens is 1. The van der Waals surface area contributed by atoms with Gasteiger partial charge in [0.1, 0.15) is 11.9 Å². The lowest BCUT2D eigenvalue weighted by molar-refractivity contribution is -0.551. The van der Waals surface area contributed by atoms with Crippen LogP contribution in [0.25, 0.3) is 0 Å². The molecule has 4 heteroatoms. The smallest absolute Gasteiger partial charge is 0.129 e. The minimum absolute atomic E-state index is 0.280. The van der Waals surface area contributed by atoms with Gasteiger partial charge in [-0.25, -0.2) is 9.28 Å². The third kappa shape index (κ3) is 1.85. The lowest BCUT2D eigenvalue weighted by Gasteiger charge is -2.20. The van der Waals surface area contributed by atoms with Crippen LogP contribution in [0.3, 0.4) is 0 Å². The summed E-state index contributed by atoms with van der Waals surface area (Å²) in [5.74, 6) is -0.280. The average Bonchev–Trinajstić information content (AvgIpc) is 2.20. The lowest BCUT2D eigenvalue weighted by atomic mass is 10.1. The SMILES string of the molecule is Fc1ccccc1C1CCOOO1. The van der Waals surface area contributed by atoms with Crippen LogP contribution in [0.5, 0.6) is 0 Å². The van der Waals surface area contributed by atoms with Crippen LogP contribution in [0.4, 0.5) is 4.39 Å². The Morgan fingerprint density at radius 2 is 2.15 bits per heavy atom. The Labute approximate surface area is 74.9 Å². The van der Waals surface area contributed by atoms with Crippen LogP contribution >= 0.6 is 0 Å². The predicted octanol–water partition coefficient (Wildman–Crippen LogP) is 2.15. The van der Waals surface area contributed by atoms with E-state index in [0.717, 1.165) is 0 Å². The van der Waals surface area contributed by atoms with Gasteiger partial charge in [0.15, 0.2) is 0 Å². The maximum Gasteiger partial charge on any atom is 0.129 e. The van der Waals surface area contributed by atoms with Gasteiger partial charge in [-0.05, 0) is 6.07 Å². The Bertz CT molecular complexity index is 284. The first kappa shape index (κ1) is 8.62. The highest BCUT2D eigenvalue weighted by molar-refractivity contribution is 5.19. The molecule has 1 heterocycles. The highest BCUT2D eigenvalue weighted by atomic mass is 19.1. The van der Waals surface area contributed by atoms with Crippen LogP contribution in [0.2, 0.25) is 0 Å². The van der Waals surface area contributed by atoms with Gasteiger partial charge in [0.25, 0.3) is 0 Å². The van der Waals surface area contributed by atoms with Gasteiger partial charge in [-0.15, -0.1) is 0 Å². The van der Waals surface area contributed by atoms with E-state index in [1.54, 1.807) is 18.2 Å². The van der Waals surface area contributed by atoms with E-state index in [-0.39, 0.29) is 11.9 Å². The van der Waals surface area contributed by atoms with Crippen molar-refractivity contribution < 1.29 is 19.2 Å². The summed E-state index contributed by atoms with van der Waals surface area (Å²) in [7, 11) is 0. The van der Waals surface area contributed by atoms with Crippen LogP contribution < -0.4 is 0 Å². The van der Waals surface area contributed by atoms with E-state index in [9.17, 15) is 4.39 Å². The average molecular weight is 184 g/mol. The Balaban J connectivity index is 2.18. The van der Waals surface area contributed by atoms with Crippen molar-refractivity contribution in [1.82, 2.24) is 0 Å². The van der Waals surface area contributed by atoms with Gasteiger partial charge >= 0.3 is 0 Å². The van der Waals surface area contributed by atoms with Gasteiger partial charge in [0.05, 0.1) is 6.61 Å². The van der Waals surface area contributed by atoms with Crippen LogP contribution in [-0.4, -0.2) is 6.61 Å². The monoisotopic (exact) mass is 184 g/mol. The molecular weight excluding hydrogens is 175 g/mol. The summed E-state index contributed by atoms with van der Waals surface area (Å²) < 4.78 is 13.2. The summed E-state index contributed by atoms with van der Waals surface area (Å²) in [6.45, 7) is 0.416. The van der Waals surface area contributed by atoms with E-state index in [1.165, 1.54) is 6.07 Å². The summed E-state index contributed by atoms with van der Waals surface area (Å²) in [5.41, 5.74) is 0.505. The zero-order valence-corrected chi connectivity index (χ0v) is 6.90. The highest BCUT2D eigenvalue weighted by Crippen LogP contribution is 2.26. The second kappa shape index (κ2) is 3.83. The van der Waals surface area contributed by atoms with Crippen molar-refractivity contribution in [1.29, 1.82) is 0 Å². The van der Waals surface area contributed by atoms with Crippen molar-refractivity contribution in [2.24, 2.45) is 0 Å². The second-order valence-electron chi connectivity index (χ2n) is 2.79. The standard InChI is InChI=1S/C9H9FO3/c10-8-4-2-1-3-7(8)9-5-6-11-13-12-9/h1-4,9H,5-6H2. The van der Waals surface area contributed by atoms with E-state index < -0.39 is 0 Å². The van der Waals surface area contributed by atoms with Crippen LogP contribution in [0, 0.1) is 5.82 Å². The fourth-order valence-corrected chi connectivity index (χ4v) is 1.26. The second-order valence-corrected chi connectivity index (χ2v) is 2.79. The summed E-state index contributed by atoms with van der Waals surface area (Å²) in [4.78, 5) is 9.30. The number of benzene rings is 1. The molecule has 13 heavy (non-hydrogen) atoms. The van der Waals surface area contributed by atoms with Crippen molar-refractivity contribution in [3.8, 4) is 0 Å². The molecule has 70 valence electrons. The van der Waals surface area contributed by atoms with Crippen LogP contribution in [0.15, 0.2) is 24.3 Å². The van der Waals surface area contributed by atoms with Gasteiger partial charge in [-0.3, -0.25) is 0 Å². The molecule has 0 saturated carbocycles. The molecule has 1 aromatic carbocycles. The number of rotatable bonds is 1. The maximum absolute atomic E-state index is 13.2. The molecule has 0 amide bonds. The molecule has 1 fully saturated rings. The minimum Gasteiger partial charge on any atom is -0.207 e. The normalized spacial score (nSPS) is 23.0. The largest absolute Gasteiger partial charge is 0.207 e. The summed E-state index contributed by atoms with van der Waals surface area (Å²) in [6.07, 6.45) is 0.232. The molecule has 0 N–H and O–H groups in total. The van der Waals surface area contributed by atoms with E-state index in [4.69, 9.17) is 4.89 Å². The molecule has 3 nitrogen and oxygen atoms in total. The molecular formula is C9H9FO3. The Kier molecular flexibility index (Phi) is 2.54. The first-order valence-corrected chi connectivity index (χ1v) is 4.07. The summed E-state index contributed by atoms with van der Waals surface area (Å²) in [5, 5.41) is 4.32. The Morgan fingerprint density at radius 3 is 2.85 bits per heavy atom. The Hall–Kier alpha value is -0.970. The highest BCUT2D eigenvalue weighted by Gasteiger charge is 2.21. The zero-order valence-electron chi connectivity index (χ0n) is 6.90. The van der Waals surface area contributed by atoms with Gasteiger partial charge in [0, 0.05) is 12.0 Å². The van der Waals surface area contributed by atoms with Crippen LogP contribution in [0.1, 0.15) is 18.1 Å². The van der Waals surface area contributed by atoms with Crippen molar-refractivity contribution in [2.45, 2.75) is 12.5 Å². The molecule has 1 aliphatic heterocycles. The van der Waals surface area contributed by atoms with Crippen LogP contribution in [-0.2, 0) is 14.8 Å². The van der Waals surface area contributed by atoms with Gasteiger partial charge in [-0.2, -0.15) is 4.89 Å². The third-order valence-electron chi connectivity index (χ3n) is 1.92. The molecule has 1 unspecified atom stereocenters. The van der Waals surface area contributed by atoms with Gasteiger partial charge < -0.3 is 0 Å². The molecule has 1 aliphatic rings. The molecule has 0 radical (unpaired) electrons. The van der Waals surface area contributed by atoms with Crippen molar-refractivity contribution in [2.75, 3.05) is 6.61 Å². The molecule has 0 aromatic heterocycles. The zero-order chi connectivity index (χ0) is 9.10. The van der Waals surface area contributed by atoms with Crippen molar-refractivity contribution in [3.63, 3.8) is 0 Å². The molecule has 1 atom stereocenters. The third-order valence-corrected chi connectivity index (χ3v) is 1.92. The maximum atomic E-state index is 13.2.